The molecular weight excluding hydrogens is 116 g/mol. The zero-order valence-corrected chi connectivity index (χ0v) is 5.26. The minimum absolute atomic E-state index is 0.553. The topological polar surface area (TPSA) is 69.0 Å². The van der Waals surface area contributed by atoms with Crippen LogP contribution < -0.4 is 16.9 Å². The minimum Gasteiger partial charge on any atom is -0.396 e. The Bertz CT molecular complexity index is 203. The number of nitrogens with one attached hydrogen (secondary N) is 1. The van der Waals surface area contributed by atoms with E-state index < -0.39 is 0 Å². The van der Waals surface area contributed by atoms with Crippen LogP contribution >= 0.6 is 0 Å². The van der Waals surface area contributed by atoms with Gasteiger partial charge in [-0.1, -0.05) is 0 Å². The summed E-state index contributed by atoms with van der Waals surface area (Å²) in [6, 6.07) is 1.74. The normalized spacial score (nSPS) is 9.44. The average Bonchev–Trinajstić information content (AvgIpc) is 2.15. The number of hydrogen-bond acceptors (Lipinski definition) is 3. The zero-order chi connectivity index (χ0) is 6.85. The molecule has 0 saturated heterocycles. The Kier molecular flexibility index (Phi) is 1.22. The molecule has 4 heteroatoms. The summed E-state index contributed by atoms with van der Waals surface area (Å²) < 4.78 is 1.65. The highest BCUT2D eigenvalue weighted by Crippen LogP contribution is 2.12. The third kappa shape index (κ3) is 0.782. The smallest absolute Gasteiger partial charge is 0.145 e. The van der Waals surface area contributed by atoms with Crippen molar-refractivity contribution in [3.05, 3.63) is 12.3 Å². The number of nitrogens with two attached hydrogens (primary N) is 2. The molecule has 0 spiro atoms. The molecule has 0 bridgehead atoms. The highest BCUT2D eigenvalue weighted by Gasteiger charge is 1.96. The predicted octanol–water partition coefficient (Wildman–Crippen LogP) is -0.174. The van der Waals surface area contributed by atoms with Gasteiger partial charge in [0.05, 0.1) is 5.69 Å². The van der Waals surface area contributed by atoms with Crippen LogP contribution in [0.1, 0.15) is 0 Å². The number of aromatic nitrogens is 1. The Hall–Kier alpha value is -1.32. The molecular formula is C5H10N4. The second-order valence-electron chi connectivity index (χ2n) is 1.75. The van der Waals surface area contributed by atoms with Gasteiger partial charge >= 0.3 is 0 Å². The van der Waals surface area contributed by atoms with Gasteiger partial charge in [-0.2, -0.15) is 0 Å². The van der Waals surface area contributed by atoms with Crippen LogP contribution in [0, 0.1) is 0 Å². The van der Waals surface area contributed by atoms with Crippen molar-refractivity contribution in [3.63, 3.8) is 0 Å². The highest BCUT2D eigenvalue weighted by atomic mass is 15.4. The summed E-state index contributed by atoms with van der Waals surface area (Å²) in [6.45, 7) is 0. The molecule has 0 fully saturated rings. The monoisotopic (exact) mass is 126 g/mol. The van der Waals surface area contributed by atoms with Gasteiger partial charge < -0.3 is 16.9 Å². The van der Waals surface area contributed by atoms with Crippen LogP contribution in [0.2, 0.25) is 0 Å². The fourth-order valence-electron chi connectivity index (χ4n) is 0.655. The number of nitrogen functional groups attached to an aromatic ring is 2. The van der Waals surface area contributed by atoms with E-state index in [2.05, 4.69) is 5.43 Å². The Morgan fingerprint density at radius 3 is 2.44 bits per heavy atom. The third-order valence-corrected chi connectivity index (χ3v) is 1.20. The number of anilines is 2. The van der Waals surface area contributed by atoms with Gasteiger partial charge in [-0.05, 0) is 6.07 Å². The van der Waals surface area contributed by atoms with Crippen molar-refractivity contribution in [2.24, 2.45) is 0 Å². The van der Waals surface area contributed by atoms with Crippen LogP contribution in [0.3, 0.4) is 0 Å². The second-order valence-corrected chi connectivity index (χ2v) is 1.75. The lowest BCUT2D eigenvalue weighted by Gasteiger charge is -2.02. The molecule has 0 aliphatic carbocycles. The van der Waals surface area contributed by atoms with Gasteiger partial charge in [0, 0.05) is 13.2 Å². The van der Waals surface area contributed by atoms with E-state index >= 15 is 0 Å². The van der Waals surface area contributed by atoms with Gasteiger partial charge in [0.15, 0.2) is 0 Å². The first-order valence-corrected chi connectivity index (χ1v) is 2.65. The molecule has 50 valence electrons. The van der Waals surface area contributed by atoms with Crippen molar-refractivity contribution >= 4 is 11.5 Å². The SMILES string of the molecule is CNn1ccc(N)c1N. The molecule has 0 aliphatic rings. The fraction of sp³-hybridized carbons (Fsp3) is 0.200. The standard InChI is InChI=1S/C5H10N4/c1-8-9-3-2-4(6)5(9)7/h2-3,8H,6-7H2,1H3. The summed E-state index contributed by atoms with van der Waals surface area (Å²) >= 11 is 0. The molecule has 9 heavy (non-hydrogen) atoms. The quantitative estimate of drug-likeness (QED) is 0.489. The summed E-state index contributed by atoms with van der Waals surface area (Å²) in [5.74, 6) is 0.553. The Labute approximate surface area is 53.4 Å². The van der Waals surface area contributed by atoms with Gasteiger partial charge in [0.1, 0.15) is 5.82 Å². The summed E-state index contributed by atoms with van der Waals surface area (Å²) in [7, 11) is 1.77. The van der Waals surface area contributed by atoms with Gasteiger partial charge in [0.2, 0.25) is 0 Å². The molecule has 4 nitrogen and oxygen atoms in total. The van der Waals surface area contributed by atoms with E-state index in [0.29, 0.717) is 11.5 Å². The van der Waals surface area contributed by atoms with Crippen LogP contribution in [0.4, 0.5) is 11.5 Å². The first-order valence-electron chi connectivity index (χ1n) is 2.65. The Morgan fingerprint density at radius 1 is 1.56 bits per heavy atom. The summed E-state index contributed by atoms with van der Waals surface area (Å²) in [5.41, 5.74) is 14.3. The zero-order valence-electron chi connectivity index (χ0n) is 5.26. The van der Waals surface area contributed by atoms with Crippen molar-refractivity contribution in [1.82, 2.24) is 4.68 Å². The van der Waals surface area contributed by atoms with Crippen molar-refractivity contribution in [3.8, 4) is 0 Å². The van der Waals surface area contributed by atoms with E-state index in [1.165, 1.54) is 0 Å². The lowest BCUT2D eigenvalue weighted by Crippen LogP contribution is -2.10. The maximum Gasteiger partial charge on any atom is 0.145 e. The first kappa shape index (κ1) is 5.81. The van der Waals surface area contributed by atoms with E-state index in [4.69, 9.17) is 11.5 Å². The lowest BCUT2D eigenvalue weighted by molar-refractivity contribution is 0.951. The summed E-state index contributed by atoms with van der Waals surface area (Å²) in [6.07, 6.45) is 1.77. The maximum absolute atomic E-state index is 5.49. The van der Waals surface area contributed by atoms with Gasteiger partial charge in [-0.15, -0.1) is 0 Å². The number of nitrogens with zero attached hydrogens (tertiary/aromatic N) is 1. The van der Waals surface area contributed by atoms with Crippen molar-refractivity contribution in [1.29, 1.82) is 0 Å². The molecule has 0 radical (unpaired) electrons. The molecule has 0 atom stereocenters. The molecule has 0 aromatic carbocycles. The minimum atomic E-state index is 0.553. The Morgan fingerprint density at radius 2 is 2.22 bits per heavy atom. The molecule has 1 aromatic heterocycles. The molecule has 0 unspecified atom stereocenters. The van der Waals surface area contributed by atoms with Gasteiger partial charge in [-0.3, -0.25) is 4.68 Å². The van der Waals surface area contributed by atoms with Crippen LogP contribution in [-0.4, -0.2) is 11.7 Å². The van der Waals surface area contributed by atoms with E-state index in [0.717, 1.165) is 0 Å². The largest absolute Gasteiger partial charge is 0.396 e. The van der Waals surface area contributed by atoms with Crippen molar-refractivity contribution < 1.29 is 0 Å². The van der Waals surface area contributed by atoms with Crippen LogP contribution in [0.25, 0.3) is 0 Å². The van der Waals surface area contributed by atoms with Crippen LogP contribution in [-0.2, 0) is 0 Å². The molecule has 5 N–H and O–H groups in total. The van der Waals surface area contributed by atoms with Crippen molar-refractivity contribution in [2.75, 3.05) is 23.9 Å². The molecule has 1 rings (SSSR count). The molecule has 1 aromatic rings. The lowest BCUT2D eigenvalue weighted by atomic mass is 10.5. The van der Waals surface area contributed by atoms with E-state index in [-0.39, 0.29) is 0 Å². The van der Waals surface area contributed by atoms with E-state index in [1.807, 2.05) is 0 Å². The van der Waals surface area contributed by atoms with Crippen molar-refractivity contribution in [2.45, 2.75) is 0 Å². The van der Waals surface area contributed by atoms with Crippen LogP contribution in [0.5, 0.6) is 0 Å². The second kappa shape index (κ2) is 1.89. The summed E-state index contributed by atoms with van der Waals surface area (Å²) in [4.78, 5) is 0. The molecule has 0 saturated carbocycles. The fourth-order valence-corrected chi connectivity index (χ4v) is 0.655. The maximum atomic E-state index is 5.49. The summed E-state index contributed by atoms with van der Waals surface area (Å²) in [5, 5.41) is 0. The molecule has 1 heterocycles. The predicted molar refractivity (Wildman–Crippen MR) is 38.5 cm³/mol. The Balaban J connectivity index is 3.04. The third-order valence-electron chi connectivity index (χ3n) is 1.20. The highest BCUT2D eigenvalue weighted by molar-refractivity contribution is 5.59. The average molecular weight is 126 g/mol. The van der Waals surface area contributed by atoms with Crippen LogP contribution in [0.15, 0.2) is 12.3 Å². The van der Waals surface area contributed by atoms with Gasteiger partial charge in [-0.25, -0.2) is 0 Å². The number of rotatable bonds is 1. The molecule has 0 amide bonds. The van der Waals surface area contributed by atoms with E-state index in [9.17, 15) is 0 Å². The van der Waals surface area contributed by atoms with E-state index in [1.54, 1.807) is 24.0 Å². The van der Waals surface area contributed by atoms with Gasteiger partial charge in [0.25, 0.3) is 0 Å². The first-order chi connectivity index (χ1) is 4.25. The number of hydrogen-bond donors (Lipinski definition) is 3. The molecule has 0 aliphatic heterocycles.